The smallest absolute Gasteiger partial charge is 0.327 e. The van der Waals surface area contributed by atoms with Crippen molar-refractivity contribution in [2.45, 2.75) is 26.2 Å². The first-order chi connectivity index (χ1) is 16.6. The van der Waals surface area contributed by atoms with Crippen molar-refractivity contribution >= 4 is 29.6 Å². The summed E-state index contributed by atoms with van der Waals surface area (Å²) in [5, 5.41) is 22.8. The summed E-state index contributed by atoms with van der Waals surface area (Å²) in [4.78, 5) is 27.8. The Bertz CT molecular complexity index is 856. The summed E-state index contributed by atoms with van der Waals surface area (Å²) in [5.41, 5.74) is 3.72. The Balaban J connectivity index is -0.000000390. The van der Waals surface area contributed by atoms with Gasteiger partial charge in [-0.1, -0.05) is 113 Å². The number of aliphatic carboxylic acids is 3. The molecule has 0 aliphatic rings. The molecule has 0 amide bonds. The van der Waals surface area contributed by atoms with Crippen molar-refractivity contribution in [1.82, 2.24) is 0 Å². The third kappa shape index (κ3) is 29.6. The van der Waals surface area contributed by atoms with Crippen molar-refractivity contribution in [2.75, 3.05) is 0 Å². The van der Waals surface area contributed by atoms with E-state index in [1.165, 1.54) is 29.5 Å². The molecular formula is C29H36O6. The molecule has 0 aliphatic carbocycles. The minimum atomic E-state index is -0.981. The number of carboxylic acid groups (broad SMARTS) is 3. The first-order valence-electron chi connectivity index (χ1n) is 10.6. The van der Waals surface area contributed by atoms with Crippen LogP contribution < -0.4 is 0 Å². The molecular weight excluding hydrogens is 444 g/mol. The van der Waals surface area contributed by atoms with E-state index < -0.39 is 17.9 Å². The summed E-state index contributed by atoms with van der Waals surface area (Å²) in [6.45, 7) is 18.8. The van der Waals surface area contributed by atoms with Gasteiger partial charge in [-0.2, -0.15) is 0 Å². The van der Waals surface area contributed by atoms with Crippen LogP contribution >= 0.6 is 0 Å². The maximum absolute atomic E-state index is 9.25. The lowest BCUT2D eigenvalue weighted by Crippen LogP contribution is -1.82. The zero-order valence-corrected chi connectivity index (χ0v) is 20.3. The predicted octanol–water partition coefficient (Wildman–Crippen LogP) is 6.99. The van der Waals surface area contributed by atoms with E-state index in [1.54, 1.807) is 0 Å². The summed E-state index contributed by atoms with van der Waals surface area (Å²) in [5.74, 6) is -2.94. The number of rotatable bonds is 8. The molecule has 0 aliphatic heterocycles. The van der Waals surface area contributed by atoms with Crippen LogP contribution in [-0.4, -0.2) is 33.2 Å². The highest BCUT2D eigenvalue weighted by Gasteiger charge is 1.95. The molecule has 0 bridgehead atoms. The van der Waals surface area contributed by atoms with Gasteiger partial charge in [-0.15, -0.1) is 0 Å². The summed E-state index contributed by atoms with van der Waals surface area (Å²) in [6, 6.07) is 20.4. The molecule has 2 aromatic rings. The first kappa shape index (κ1) is 35.1. The van der Waals surface area contributed by atoms with Crippen LogP contribution in [0.1, 0.15) is 37.3 Å². The maximum Gasteiger partial charge on any atom is 0.327 e. The molecule has 35 heavy (non-hydrogen) atoms. The van der Waals surface area contributed by atoms with Crippen molar-refractivity contribution in [1.29, 1.82) is 0 Å². The largest absolute Gasteiger partial charge is 0.478 e. The standard InChI is InChI=1S/C12H16.C8H8.3C3H4O2/c1-3-4-8-11(2)12-9-6-5-7-10-12;1-2-8-6-4-3-5-7-8;3*1-2-3(4)5/h5-7,9-10H,2-4,8H2,1H3;2-7H,1H2;3*2H,1H2,(H,4,5). The highest BCUT2D eigenvalue weighted by atomic mass is 16.4. The van der Waals surface area contributed by atoms with Crippen LogP contribution in [0.5, 0.6) is 0 Å². The van der Waals surface area contributed by atoms with Crippen molar-refractivity contribution in [3.8, 4) is 0 Å². The molecule has 0 spiro atoms. The van der Waals surface area contributed by atoms with Crippen LogP contribution in [0.25, 0.3) is 11.6 Å². The van der Waals surface area contributed by atoms with Crippen LogP contribution in [-0.2, 0) is 14.4 Å². The number of benzene rings is 2. The number of carboxylic acids is 3. The van der Waals surface area contributed by atoms with E-state index in [9.17, 15) is 14.4 Å². The number of allylic oxidation sites excluding steroid dienone is 1. The summed E-state index contributed by atoms with van der Waals surface area (Å²) in [6.07, 6.45) is 7.94. The molecule has 0 fully saturated rings. The molecule has 0 saturated carbocycles. The lowest BCUT2D eigenvalue weighted by molar-refractivity contribution is -0.132. The van der Waals surface area contributed by atoms with Crippen LogP contribution in [0.15, 0.2) is 112 Å². The van der Waals surface area contributed by atoms with Crippen LogP contribution in [0, 0.1) is 0 Å². The quantitative estimate of drug-likeness (QED) is 0.351. The Morgan fingerprint density at radius 1 is 0.714 bits per heavy atom. The lowest BCUT2D eigenvalue weighted by Gasteiger charge is -2.03. The second-order valence-electron chi connectivity index (χ2n) is 6.32. The maximum atomic E-state index is 9.25. The SMILES string of the molecule is C=C(CCCC)c1ccccc1.C=CC(=O)O.C=CC(=O)O.C=CC(=O)O.C=Cc1ccccc1. The van der Waals surface area contributed by atoms with E-state index in [0.29, 0.717) is 0 Å². The van der Waals surface area contributed by atoms with Gasteiger partial charge in [0.25, 0.3) is 0 Å². The van der Waals surface area contributed by atoms with Gasteiger partial charge in [-0.25, -0.2) is 14.4 Å². The third-order valence-corrected chi connectivity index (χ3v) is 3.57. The van der Waals surface area contributed by atoms with Crippen LogP contribution in [0.4, 0.5) is 0 Å². The fourth-order valence-corrected chi connectivity index (χ4v) is 1.80. The van der Waals surface area contributed by atoms with Gasteiger partial charge in [0.2, 0.25) is 0 Å². The number of hydrogen-bond donors (Lipinski definition) is 3. The van der Waals surface area contributed by atoms with Crippen molar-refractivity contribution in [3.05, 3.63) is 123 Å². The van der Waals surface area contributed by atoms with Gasteiger partial charge >= 0.3 is 17.9 Å². The number of unbranched alkanes of at least 4 members (excludes halogenated alkanes) is 1. The zero-order chi connectivity index (χ0) is 27.5. The number of carbonyl (C=O) groups is 3. The second kappa shape index (κ2) is 25.8. The zero-order valence-electron chi connectivity index (χ0n) is 20.3. The van der Waals surface area contributed by atoms with Gasteiger partial charge < -0.3 is 15.3 Å². The summed E-state index contributed by atoms with van der Waals surface area (Å²) >= 11 is 0. The van der Waals surface area contributed by atoms with E-state index >= 15 is 0 Å². The Kier molecular flexibility index (Phi) is 25.9. The summed E-state index contributed by atoms with van der Waals surface area (Å²) < 4.78 is 0. The van der Waals surface area contributed by atoms with Gasteiger partial charge in [0.15, 0.2) is 0 Å². The highest BCUT2D eigenvalue weighted by molar-refractivity contribution is 5.79. The third-order valence-electron chi connectivity index (χ3n) is 3.57. The monoisotopic (exact) mass is 480 g/mol. The molecule has 6 nitrogen and oxygen atoms in total. The fourth-order valence-electron chi connectivity index (χ4n) is 1.80. The van der Waals surface area contributed by atoms with Crippen molar-refractivity contribution in [2.24, 2.45) is 0 Å². The normalized spacial score (nSPS) is 8.03. The van der Waals surface area contributed by atoms with Gasteiger partial charge in [-0.05, 0) is 29.5 Å². The molecule has 188 valence electrons. The second-order valence-corrected chi connectivity index (χ2v) is 6.32. The minimum absolute atomic E-state index is 0.833. The molecule has 0 heterocycles. The van der Waals surface area contributed by atoms with Gasteiger partial charge in [0.1, 0.15) is 0 Å². The molecule has 2 aromatic carbocycles. The predicted molar refractivity (Wildman–Crippen MR) is 145 cm³/mol. The van der Waals surface area contributed by atoms with E-state index in [2.05, 4.69) is 64.1 Å². The Hall–Kier alpha value is -4.45. The molecule has 3 N–H and O–H groups in total. The Morgan fingerprint density at radius 3 is 1.31 bits per heavy atom. The van der Waals surface area contributed by atoms with E-state index in [0.717, 1.165) is 24.6 Å². The average molecular weight is 481 g/mol. The first-order valence-corrected chi connectivity index (χ1v) is 10.6. The van der Waals surface area contributed by atoms with E-state index in [1.807, 2.05) is 42.5 Å². The molecule has 0 atom stereocenters. The molecule has 0 unspecified atom stereocenters. The van der Waals surface area contributed by atoms with Gasteiger partial charge in [0, 0.05) is 18.2 Å². The van der Waals surface area contributed by atoms with Crippen LogP contribution in [0.2, 0.25) is 0 Å². The van der Waals surface area contributed by atoms with Gasteiger partial charge in [-0.3, -0.25) is 0 Å². The van der Waals surface area contributed by atoms with Gasteiger partial charge in [0.05, 0.1) is 0 Å². The molecule has 0 radical (unpaired) electrons. The number of hydrogen-bond acceptors (Lipinski definition) is 3. The topological polar surface area (TPSA) is 112 Å². The Labute approximate surface area is 208 Å². The van der Waals surface area contributed by atoms with Crippen molar-refractivity contribution in [3.63, 3.8) is 0 Å². The van der Waals surface area contributed by atoms with E-state index in [4.69, 9.17) is 15.3 Å². The minimum Gasteiger partial charge on any atom is -0.478 e. The lowest BCUT2D eigenvalue weighted by atomic mass is 10.0. The van der Waals surface area contributed by atoms with Crippen LogP contribution in [0.3, 0.4) is 0 Å². The average Bonchev–Trinajstić information content (AvgIpc) is 2.89. The molecule has 6 heteroatoms. The van der Waals surface area contributed by atoms with Crippen molar-refractivity contribution < 1.29 is 29.7 Å². The highest BCUT2D eigenvalue weighted by Crippen LogP contribution is 2.17. The fraction of sp³-hybridized carbons (Fsp3) is 0.138. The van der Waals surface area contributed by atoms with E-state index in [-0.39, 0.29) is 0 Å². The molecule has 2 rings (SSSR count). The molecule has 0 aromatic heterocycles. The summed E-state index contributed by atoms with van der Waals surface area (Å²) in [7, 11) is 0. The Morgan fingerprint density at radius 2 is 1.06 bits per heavy atom. The molecule has 0 saturated heterocycles.